The van der Waals surface area contributed by atoms with Gasteiger partial charge in [-0.3, -0.25) is 0 Å². The van der Waals surface area contributed by atoms with Gasteiger partial charge in [-0.15, -0.1) is 0 Å². The van der Waals surface area contributed by atoms with Gasteiger partial charge >= 0.3 is 0 Å². The van der Waals surface area contributed by atoms with Crippen molar-refractivity contribution >= 4 is 0 Å². The van der Waals surface area contributed by atoms with Crippen molar-refractivity contribution in [3.8, 4) is 0 Å². The molecule has 3 nitrogen and oxygen atoms in total. The van der Waals surface area contributed by atoms with Crippen molar-refractivity contribution < 1.29 is 0 Å². The lowest BCUT2D eigenvalue weighted by molar-refractivity contribution is 0.386. The molecule has 0 unspecified atom stereocenters. The van der Waals surface area contributed by atoms with E-state index in [1.54, 1.807) is 0 Å². The van der Waals surface area contributed by atoms with Crippen LogP contribution in [0.25, 0.3) is 0 Å². The van der Waals surface area contributed by atoms with E-state index in [0.717, 1.165) is 19.3 Å². The molecule has 1 aliphatic rings. The van der Waals surface area contributed by atoms with Gasteiger partial charge in [0.2, 0.25) is 0 Å². The molecule has 0 atom stereocenters. The lowest BCUT2D eigenvalue weighted by Crippen LogP contribution is -2.26. The number of aromatic nitrogens is 2. The monoisotopic (exact) mass is 207 g/mol. The van der Waals surface area contributed by atoms with Gasteiger partial charge in [0.05, 0.1) is 0 Å². The molecule has 1 aliphatic carbocycles. The lowest BCUT2D eigenvalue weighted by Gasteiger charge is -2.24. The Labute approximate surface area is 91.5 Å². The highest BCUT2D eigenvalue weighted by Gasteiger charge is 2.21. The number of aryl methyl sites for hydroxylation is 1. The maximum absolute atomic E-state index is 5.90. The molecule has 0 aromatic carbocycles. The van der Waals surface area contributed by atoms with Gasteiger partial charge in [0.15, 0.2) is 0 Å². The molecule has 0 spiro atoms. The smallest absolute Gasteiger partial charge is 0.109 e. The second kappa shape index (κ2) is 4.79. The summed E-state index contributed by atoms with van der Waals surface area (Å²) in [4.78, 5) is 7.93. The van der Waals surface area contributed by atoms with E-state index in [4.69, 9.17) is 5.73 Å². The predicted molar refractivity (Wildman–Crippen MR) is 61.8 cm³/mol. The fraction of sp³-hybridized carbons (Fsp3) is 0.750. The zero-order chi connectivity index (χ0) is 10.7. The SMILES string of the molecule is CCCc1cnc(C2CCC(N)CC2)[nH]1. The van der Waals surface area contributed by atoms with E-state index >= 15 is 0 Å². The van der Waals surface area contributed by atoms with E-state index in [-0.39, 0.29) is 0 Å². The number of rotatable bonds is 3. The second-order valence-electron chi connectivity index (χ2n) is 4.66. The summed E-state index contributed by atoms with van der Waals surface area (Å²) < 4.78 is 0. The van der Waals surface area contributed by atoms with E-state index in [9.17, 15) is 0 Å². The molecule has 1 fully saturated rings. The van der Waals surface area contributed by atoms with Crippen molar-refractivity contribution in [2.24, 2.45) is 5.73 Å². The van der Waals surface area contributed by atoms with E-state index < -0.39 is 0 Å². The summed E-state index contributed by atoms with van der Waals surface area (Å²) in [5.41, 5.74) is 7.18. The third kappa shape index (κ3) is 2.59. The van der Waals surface area contributed by atoms with Crippen molar-refractivity contribution in [2.45, 2.75) is 57.4 Å². The van der Waals surface area contributed by atoms with Crippen molar-refractivity contribution in [3.05, 3.63) is 17.7 Å². The van der Waals surface area contributed by atoms with Crippen LogP contribution in [0.15, 0.2) is 6.20 Å². The van der Waals surface area contributed by atoms with Crippen LogP contribution in [0.5, 0.6) is 0 Å². The molecule has 3 N–H and O–H groups in total. The number of nitrogens with zero attached hydrogens (tertiary/aromatic N) is 1. The molecule has 0 amide bonds. The van der Waals surface area contributed by atoms with Crippen LogP contribution in [-0.2, 0) is 6.42 Å². The first-order valence-electron chi connectivity index (χ1n) is 6.09. The van der Waals surface area contributed by atoms with Crippen LogP contribution in [0.4, 0.5) is 0 Å². The topological polar surface area (TPSA) is 54.7 Å². The van der Waals surface area contributed by atoms with Crippen LogP contribution in [0.1, 0.15) is 56.5 Å². The second-order valence-corrected chi connectivity index (χ2v) is 4.66. The van der Waals surface area contributed by atoms with E-state index in [1.807, 2.05) is 6.20 Å². The van der Waals surface area contributed by atoms with E-state index in [0.29, 0.717) is 12.0 Å². The highest BCUT2D eigenvalue weighted by Crippen LogP contribution is 2.30. The maximum atomic E-state index is 5.90. The molecule has 1 heterocycles. The Kier molecular flexibility index (Phi) is 3.41. The van der Waals surface area contributed by atoms with Crippen molar-refractivity contribution in [2.75, 3.05) is 0 Å². The van der Waals surface area contributed by atoms with Gasteiger partial charge in [-0.2, -0.15) is 0 Å². The first kappa shape index (κ1) is 10.7. The highest BCUT2D eigenvalue weighted by atomic mass is 14.9. The summed E-state index contributed by atoms with van der Waals surface area (Å²) in [6, 6.07) is 0.423. The van der Waals surface area contributed by atoms with Gasteiger partial charge in [-0.1, -0.05) is 13.3 Å². The molecule has 0 saturated heterocycles. The highest BCUT2D eigenvalue weighted by molar-refractivity contribution is 5.06. The van der Waals surface area contributed by atoms with Crippen LogP contribution < -0.4 is 5.73 Å². The number of nitrogens with two attached hydrogens (primary N) is 1. The molecule has 3 heteroatoms. The largest absolute Gasteiger partial charge is 0.346 e. The van der Waals surface area contributed by atoms with Gasteiger partial charge in [-0.25, -0.2) is 4.98 Å². The van der Waals surface area contributed by atoms with Gasteiger partial charge < -0.3 is 10.7 Å². The summed E-state index contributed by atoms with van der Waals surface area (Å²) in [5.74, 6) is 1.81. The molecule has 15 heavy (non-hydrogen) atoms. The van der Waals surface area contributed by atoms with E-state index in [2.05, 4.69) is 16.9 Å². The fourth-order valence-corrected chi connectivity index (χ4v) is 2.37. The Balaban J connectivity index is 1.96. The molecule has 0 bridgehead atoms. The van der Waals surface area contributed by atoms with Crippen molar-refractivity contribution in [3.63, 3.8) is 0 Å². The molecule has 84 valence electrons. The quantitative estimate of drug-likeness (QED) is 0.799. The minimum atomic E-state index is 0.423. The minimum absolute atomic E-state index is 0.423. The average molecular weight is 207 g/mol. The Hall–Kier alpha value is -0.830. The summed E-state index contributed by atoms with van der Waals surface area (Å²) >= 11 is 0. The maximum Gasteiger partial charge on any atom is 0.109 e. The molecular weight excluding hydrogens is 186 g/mol. The summed E-state index contributed by atoms with van der Waals surface area (Å²) in [6.45, 7) is 2.19. The molecular formula is C12H21N3. The van der Waals surface area contributed by atoms with Gasteiger partial charge in [0.25, 0.3) is 0 Å². The standard InChI is InChI=1S/C12H21N3/c1-2-3-11-8-14-12(15-11)9-4-6-10(13)7-5-9/h8-10H,2-7,13H2,1H3,(H,14,15). The van der Waals surface area contributed by atoms with Crippen LogP contribution in [-0.4, -0.2) is 16.0 Å². The average Bonchev–Trinajstić information content (AvgIpc) is 2.68. The minimum Gasteiger partial charge on any atom is -0.346 e. The fourth-order valence-electron chi connectivity index (χ4n) is 2.37. The third-order valence-corrected chi connectivity index (χ3v) is 3.33. The first-order chi connectivity index (χ1) is 7.29. The van der Waals surface area contributed by atoms with Crippen LogP contribution in [0, 0.1) is 0 Å². The van der Waals surface area contributed by atoms with Gasteiger partial charge in [0, 0.05) is 23.9 Å². The normalized spacial score (nSPS) is 26.8. The number of aromatic amines is 1. The van der Waals surface area contributed by atoms with Crippen LogP contribution >= 0.6 is 0 Å². The molecule has 1 aromatic rings. The Morgan fingerprint density at radius 2 is 2.13 bits per heavy atom. The number of H-pyrrole nitrogens is 1. The molecule has 0 radical (unpaired) electrons. The molecule has 1 aromatic heterocycles. The number of nitrogens with one attached hydrogen (secondary N) is 1. The van der Waals surface area contributed by atoms with Crippen LogP contribution in [0.2, 0.25) is 0 Å². The zero-order valence-electron chi connectivity index (χ0n) is 9.50. The van der Waals surface area contributed by atoms with Crippen LogP contribution in [0.3, 0.4) is 0 Å². The Bertz CT molecular complexity index is 298. The summed E-state index contributed by atoms with van der Waals surface area (Å²) in [7, 11) is 0. The first-order valence-corrected chi connectivity index (χ1v) is 6.09. The summed E-state index contributed by atoms with van der Waals surface area (Å²) in [5, 5.41) is 0. The number of hydrogen-bond donors (Lipinski definition) is 2. The predicted octanol–water partition coefficient (Wildman–Crippen LogP) is 2.35. The number of hydrogen-bond acceptors (Lipinski definition) is 2. The Morgan fingerprint density at radius 1 is 1.40 bits per heavy atom. The zero-order valence-corrected chi connectivity index (χ0v) is 9.50. The van der Waals surface area contributed by atoms with Crippen molar-refractivity contribution in [1.29, 1.82) is 0 Å². The van der Waals surface area contributed by atoms with Gasteiger partial charge in [-0.05, 0) is 32.1 Å². The molecule has 0 aliphatic heterocycles. The van der Waals surface area contributed by atoms with E-state index in [1.165, 1.54) is 30.8 Å². The summed E-state index contributed by atoms with van der Waals surface area (Å²) in [6.07, 6.45) is 8.97. The van der Waals surface area contributed by atoms with Crippen molar-refractivity contribution in [1.82, 2.24) is 9.97 Å². The molecule has 1 saturated carbocycles. The molecule has 2 rings (SSSR count). The Morgan fingerprint density at radius 3 is 2.80 bits per heavy atom. The number of imidazole rings is 1. The van der Waals surface area contributed by atoms with Gasteiger partial charge in [0.1, 0.15) is 5.82 Å². The lowest BCUT2D eigenvalue weighted by atomic mass is 9.86. The third-order valence-electron chi connectivity index (χ3n) is 3.33.